The Morgan fingerprint density at radius 2 is 2.00 bits per heavy atom. The summed E-state index contributed by atoms with van der Waals surface area (Å²) in [6.45, 7) is 7.84. The van der Waals surface area contributed by atoms with E-state index in [2.05, 4.69) is 26.4 Å². The van der Waals surface area contributed by atoms with E-state index in [1.165, 1.54) is 5.56 Å². The number of carbonyl (C=O) groups excluding carboxylic acids is 1. The number of piperazine rings is 1. The van der Waals surface area contributed by atoms with Crippen molar-refractivity contribution < 1.29 is 18.8 Å². The maximum Gasteiger partial charge on any atom is 0.318 e. The minimum absolute atomic E-state index is 0.0922. The van der Waals surface area contributed by atoms with Gasteiger partial charge < -0.3 is 24.2 Å². The number of hydrogen-bond donors (Lipinski definition) is 1. The predicted octanol–water partition coefficient (Wildman–Crippen LogP) is 2.09. The van der Waals surface area contributed by atoms with Crippen molar-refractivity contribution >= 4 is 6.03 Å². The molecule has 150 valence electrons. The maximum atomic E-state index is 12.6. The molecule has 9 heteroatoms. The van der Waals surface area contributed by atoms with Gasteiger partial charge in [-0.25, -0.2) is 4.79 Å². The van der Waals surface area contributed by atoms with Crippen molar-refractivity contribution in [3.8, 4) is 11.5 Å². The lowest BCUT2D eigenvalue weighted by molar-refractivity contribution is 0.132. The first-order valence-electron chi connectivity index (χ1n) is 9.59. The average molecular weight is 387 g/mol. The summed E-state index contributed by atoms with van der Waals surface area (Å²) in [5.41, 5.74) is 1.18. The molecule has 2 aromatic rings. The number of aryl methyl sites for hydroxylation is 1. The van der Waals surface area contributed by atoms with E-state index < -0.39 is 0 Å². The normalized spacial score (nSPS) is 17.6. The SMILES string of the molecule is CCC(NC(=O)N1CCN(Cc2ccc3c(c2)OCO3)CC1)c1nc(C)no1. The number of benzene rings is 1. The molecule has 2 aliphatic heterocycles. The van der Waals surface area contributed by atoms with Crippen LogP contribution in [0.25, 0.3) is 0 Å². The highest BCUT2D eigenvalue weighted by molar-refractivity contribution is 5.74. The van der Waals surface area contributed by atoms with Crippen LogP contribution in [-0.2, 0) is 6.54 Å². The number of amides is 2. The molecule has 0 aliphatic carbocycles. The Balaban J connectivity index is 1.28. The lowest BCUT2D eigenvalue weighted by Gasteiger charge is -2.35. The van der Waals surface area contributed by atoms with Gasteiger partial charge in [0.05, 0.1) is 0 Å². The Hall–Kier alpha value is -2.81. The minimum Gasteiger partial charge on any atom is -0.454 e. The van der Waals surface area contributed by atoms with E-state index in [-0.39, 0.29) is 18.9 Å². The van der Waals surface area contributed by atoms with E-state index in [4.69, 9.17) is 14.0 Å². The molecule has 9 nitrogen and oxygen atoms in total. The first kappa shape index (κ1) is 18.5. The Morgan fingerprint density at radius 1 is 1.21 bits per heavy atom. The van der Waals surface area contributed by atoms with Crippen molar-refractivity contribution in [3.05, 3.63) is 35.5 Å². The van der Waals surface area contributed by atoms with Crippen LogP contribution >= 0.6 is 0 Å². The predicted molar refractivity (Wildman–Crippen MR) is 100 cm³/mol. The van der Waals surface area contributed by atoms with Gasteiger partial charge in [-0.05, 0) is 31.0 Å². The molecule has 0 spiro atoms. The van der Waals surface area contributed by atoms with Crippen LogP contribution in [0.1, 0.15) is 36.7 Å². The number of urea groups is 1. The molecule has 1 aromatic heterocycles. The molecule has 1 unspecified atom stereocenters. The first-order chi connectivity index (χ1) is 13.6. The molecule has 0 saturated carbocycles. The number of aromatic nitrogens is 2. The highest BCUT2D eigenvalue weighted by Crippen LogP contribution is 2.32. The van der Waals surface area contributed by atoms with Crippen molar-refractivity contribution in [2.75, 3.05) is 33.0 Å². The van der Waals surface area contributed by atoms with Crippen LogP contribution in [-0.4, -0.2) is 58.9 Å². The lowest BCUT2D eigenvalue weighted by Crippen LogP contribution is -2.51. The van der Waals surface area contributed by atoms with Gasteiger partial charge in [0.2, 0.25) is 12.7 Å². The Labute approximate surface area is 163 Å². The highest BCUT2D eigenvalue weighted by atomic mass is 16.7. The monoisotopic (exact) mass is 387 g/mol. The van der Waals surface area contributed by atoms with Gasteiger partial charge in [-0.1, -0.05) is 18.1 Å². The summed E-state index contributed by atoms with van der Waals surface area (Å²) >= 11 is 0. The molecule has 1 N–H and O–H groups in total. The smallest absolute Gasteiger partial charge is 0.318 e. The lowest BCUT2D eigenvalue weighted by atomic mass is 10.1. The third-order valence-electron chi connectivity index (χ3n) is 5.05. The zero-order valence-electron chi connectivity index (χ0n) is 16.2. The van der Waals surface area contributed by atoms with Gasteiger partial charge in [-0.15, -0.1) is 0 Å². The summed E-state index contributed by atoms with van der Waals surface area (Å²) < 4.78 is 16.0. The summed E-state index contributed by atoms with van der Waals surface area (Å²) in [6, 6.07) is 5.68. The van der Waals surface area contributed by atoms with Crippen molar-refractivity contribution in [3.63, 3.8) is 0 Å². The van der Waals surface area contributed by atoms with Crippen LogP contribution < -0.4 is 14.8 Å². The van der Waals surface area contributed by atoms with Crippen molar-refractivity contribution in [2.45, 2.75) is 32.9 Å². The molecule has 2 amide bonds. The number of fused-ring (bicyclic) bond motifs is 1. The van der Waals surface area contributed by atoms with Crippen molar-refractivity contribution in [2.24, 2.45) is 0 Å². The van der Waals surface area contributed by atoms with Gasteiger partial charge >= 0.3 is 6.03 Å². The second-order valence-corrected chi connectivity index (χ2v) is 7.04. The summed E-state index contributed by atoms with van der Waals surface area (Å²) in [5, 5.41) is 6.80. The minimum atomic E-state index is -0.264. The fourth-order valence-electron chi connectivity index (χ4n) is 3.44. The summed E-state index contributed by atoms with van der Waals surface area (Å²) in [7, 11) is 0. The van der Waals surface area contributed by atoms with Crippen LogP contribution in [0.3, 0.4) is 0 Å². The zero-order chi connectivity index (χ0) is 19.5. The fourth-order valence-corrected chi connectivity index (χ4v) is 3.44. The maximum absolute atomic E-state index is 12.6. The van der Waals surface area contributed by atoms with Gasteiger partial charge in [-0.2, -0.15) is 4.98 Å². The number of nitrogens with zero attached hydrogens (tertiary/aromatic N) is 4. The van der Waals surface area contributed by atoms with Gasteiger partial charge in [0.25, 0.3) is 0 Å². The quantitative estimate of drug-likeness (QED) is 0.840. The largest absolute Gasteiger partial charge is 0.454 e. The van der Waals surface area contributed by atoms with E-state index in [9.17, 15) is 4.79 Å². The van der Waals surface area contributed by atoms with Crippen LogP contribution in [0, 0.1) is 6.92 Å². The number of carbonyl (C=O) groups is 1. The van der Waals surface area contributed by atoms with Gasteiger partial charge in [0.1, 0.15) is 6.04 Å². The highest BCUT2D eigenvalue weighted by Gasteiger charge is 2.25. The van der Waals surface area contributed by atoms with Crippen LogP contribution in [0.2, 0.25) is 0 Å². The molecule has 1 aromatic carbocycles. The van der Waals surface area contributed by atoms with Gasteiger partial charge in [0.15, 0.2) is 17.3 Å². The molecule has 0 bridgehead atoms. The molecule has 1 saturated heterocycles. The molecular formula is C19H25N5O4. The van der Waals surface area contributed by atoms with E-state index in [0.717, 1.165) is 31.1 Å². The molecule has 1 atom stereocenters. The van der Waals surface area contributed by atoms with Crippen molar-refractivity contribution in [1.82, 2.24) is 25.3 Å². The Kier molecular flexibility index (Phi) is 5.34. The van der Waals surface area contributed by atoms with Gasteiger partial charge in [0, 0.05) is 32.7 Å². The summed E-state index contributed by atoms with van der Waals surface area (Å²) in [5.74, 6) is 2.62. The number of ether oxygens (including phenoxy) is 2. The van der Waals surface area contributed by atoms with E-state index in [0.29, 0.717) is 31.2 Å². The van der Waals surface area contributed by atoms with E-state index >= 15 is 0 Å². The van der Waals surface area contributed by atoms with E-state index in [1.807, 2.05) is 24.0 Å². The molecule has 0 radical (unpaired) electrons. The second kappa shape index (κ2) is 8.05. The number of hydrogen-bond acceptors (Lipinski definition) is 7. The molecule has 28 heavy (non-hydrogen) atoms. The number of nitrogens with one attached hydrogen (secondary N) is 1. The Morgan fingerprint density at radius 3 is 2.71 bits per heavy atom. The Bertz CT molecular complexity index is 831. The first-order valence-corrected chi connectivity index (χ1v) is 9.59. The second-order valence-electron chi connectivity index (χ2n) is 7.04. The standard InChI is InChI=1S/C19H25N5O4/c1-3-15(18-20-13(2)22-28-18)21-19(25)24-8-6-23(7-9-24)11-14-4-5-16-17(10-14)27-12-26-16/h4-5,10,15H,3,6-9,11-12H2,1-2H3,(H,21,25). The average Bonchev–Trinajstić information content (AvgIpc) is 3.35. The van der Waals surface area contributed by atoms with Crippen molar-refractivity contribution in [1.29, 1.82) is 0 Å². The van der Waals surface area contributed by atoms with Crippen LogP contribution in [0.5, 0.6) is 11.5 Å². The topological polar surface area (TPSA) is 93.0 Å². The van der Waals surface area contributed by atoms with Crippen LogP contribution in [0.4, 0.5) is 4.79 Å². The summed E-state index contributed by atoms with van der Waals surface area (Å²) in [6.07, 6.45) is 0.692. The van der Waals surface area contributed by atoms with Crippen LogP contribution in [0.15, 0.2) is 22.7 Å². The number of rotatable bonds is 5. The molecule has 3 heterocycles. The fraction of sp³-hybridized carbons (Fsp3) is 0.526. The van der Waals surface area contributed by atoms with E-state index in [1.54, 1.807) is 6.92 Å². The molecule has 2 aliphatic rings. The third kappa shape index (κ3) is 4.04. The zero-order valence-corrected chi connectivity index (χ0v) is 16.2. The molecule has 1 fully saturated rings. The molecule has 4 rings (SSSR count). The third-order valence-corrected chi connectivity index (χ3v) is 5.05. The molecular weight excluding hydrogens is 362 g/mol. The van der Waals surface area contributed by atoms with Gasteiger partial charge in [-0.3, -0.25) is 4.90 Å². The summed E-state index contributed by atoms with van der Waals surface area (Å²) in [4.78, 5) is 21.0.